The number of rotatable bonds is 2. The lowest BCUT2D eigenvalue weighted by Crippen LogP contribution is -2.19. The lowest BCUT2D eigenvalue weighted by molar-refractivity contribution is -0.384. The average Bonchev–Trinajstić information content (AvgIpc) is 3.04. The Balaban J connectivity index is 1.92. The van der Waals surface area contributed by atoms with E-state index in [9.17, 15) is 20.3 Å². The third kappa shape index (κ3) is 1.57. The molecular weight excluding hydrogens is 300 g/mol. The summed E-state index contributed by atoms with van der Waals surface area (Å²) in [4.78, 5) is 10.2. The quantitative estimate of drug-likeness (QED) is 0.504. The molecule has 0 saturated heterocycles. The van der Waals surface area contributed by atoms with Crippen LogP contribution in [0.25, 0.3) is 5.69 Å². The van der Waals surface area contributed by atoms with Gasteiger partial charge in [-0.3, -0.25) is 14.7 Å². The molecule has 2 aliphatic rings. The molecule has 2 atom stereocenters. The highest BCUT2D eigenvalue weighted by Crippen LogP contribution is 2.60. The van der Waals surface area contributed by atoms with Gasteiger partial charge in [-0.15, -0.1) is 0 Å². The fraction of sp³-hybridized carbons (Fsp3) is 0.250. The van der Waals surface area contributed by atoms with Crippen molar-refractivity contribution in [2.75, 3.05) is 0 Å². The van der Waals surface area contributed by atoms with E-state index >= 15 is 0 Å². The molecule has 2 N–H and O–H groups in total. The lowest BCUT2D eigenvalue weighted by atomic mass is 9.86. The molecule has 1 aromatic carbocycles. The highest BCUT2D eigenvalue weighted by molar-refractivity contribution is 5.64. The Morgan fingerprint density at radius 3 is 1.96 bits per heavy atom. The maximum Gasteiger partial charge on any atom is 0.269 e. The van der Waals surface area contributed by atoms with Crippen molar-refractivity contribution >= 4 is 5.69 Å². The van der Waals surface area contributed by atoms with Gasteiger partial charge in [0.05, 0.1) is 21.7 Å². The van der Waals surface area contributed by atoms with E-state index in [1.165, 1.54) is 28.8 Å². The number of hydrogen-bond acceptors (Lipinski definition) is 5. The zero-order valence-electron chi connectivity index (χ0n) is 12.5. The van der Waals surface area contributed by atoms with Crippen LogP contribution in [0.4, 0.5) is 5.69 Å². The van der Waals surface area contributed by atoms with E-state index in [2.05, 4.69) is 0 Å². The van der Waals surface area contributed by atoms with Crippen LogP contribution in [0.3, 0.4) is 0 Å². The molecule has 118 valence electrons. The van der Waals surface area contributed by atoms with Crippen molar-refractivity contribution < 1.29 is 19.9 Å². The van der Waals surface area contributed by atoms with Crippen molar-refractivity contribution in [3.63, 3.8) is 0 Å². The van der Waals surface area contributed by atoms with E-state index < -0.39 is 16.1 Å². The zero-order chi connectivity index (χ0) is 16.6. The minimum absolute atomic E-state index is 0.0589. The van der Waals surface area contributed by atoms with Gasteiger partial charge in [-0.25, -0.2) is 0 Å². The van der Waals surface area contributed by atoms with Crippen molar-refractivity contribution in [1.82, 2.24) is 4.57 Å². The highest BCUT2D eigenvalue weighted by atomic mass is 16.6. The second kappa shape index (κ2) is 3.94. The van der Waals surface area contributed by atoms with Crippen LogP contribution in [-0.4, -0.2) is 19.7 Å². The number of ether oxygens (including phenoxy) is 1. The van der Waals surface area contributed by atoms with Gasteiger partial charge in [0, 0.05) is 12.1 Å². The molecule has 0 aliphatic carbocycles. The minimum Gasteiger partial charge on any atom is -0.494 e. The van der Waals surface area contributed by atoms with Crippen LogP contribution in [0.1, 0.15) is 25.0 Å². The summed E-state index contributed by atoms with van der Waals surface area (Å²) in [5, 5.41) is 32.0. The molecule has 1 aromatic heterocycles. The molecule has 2 aromatic rings. The van der Waals surface area contributed by atoms with Crippen molar-refractivity contribution in [3.8, 4) is 17.4 Å². The summed E-state index contributed by atoms with van der Waals surface area (Å²) in [6.45, 7) is 3.64. The Labute approximate surface area is 131 Å². The van der Waals surface area contributed by atoms with Crippen LogP contribution >= 0.6 is 0 Å². The number of aromatic hydroxyl groups is 2. The van der Waals surface area contributed by atoms with Gasteiger partial charge in [0.2, 0.25) is 11.8 Å². The van der Waals surface area contributed by atoms with Crippen molar-refractivity contribution in [2.24, 2.45) is 0 Å². The number of aromatic nitrogens is 1. The number of hydrogen-bond donors (Lipinski definition) is 2. The zero-order valence-corrected chi connectivity index (χ0v) is 12.5. The number of fused-ring (bicyclic) bond motifs is 5. The van der Waals surface area contributed by atoms with Crippen LogP contribution < -0.4 is 0 Å². The van der Waals surface area contributed by atoms with Gasteiger partial charge in [0.1, 0.15) is 11.2 Å². The first kappa shape index (κ1) is 13.8. The van der Waals surface area contributed by atoms with Crippen LogP contribution in [0, 0.1) is 10.1 Å². The topological polar surface area (TPSA) is 97.8 Å². The van der Waals surface area contributed by atoms with E-state index in [-0.39, 0.29) is 17.4 Å². The number of benzene rings is 1. The predicted octanol–water partition coefficient (Wildman–Crippen LogP) is 2.83. The molecule has 0 radical (unpaired) electrons. The molecule has 0 spiro atoms. The largest absolute Gasteiger partial charge is 0.494 e. The molecule has 2 bridgehead atoms. The summed E-state index contributed by atoms with van der Waals surface area (Å²) in [6, 6.07) is 5.61. The molecule has 0 saturated carbocycles. The lowest BCUT2D eigenvalue weighted by Gasteiger charge is -2.21. The van der Waals surface area contributed by atoms with Gasteiger partial charge >= 0.3 is 0 Å². The van der Waals surface area contributed by atoms with Crippen molar-refractivity contribution in [1.29, 1.82) is 0 Å². The van der Waals surface area contributed by atoms with E-state index in [4.69, 9.17) is 4.74 Å². The molecule has 23 heavy (non-hydrogen) atoms. The Hall–Kier alpha value is -2.80. The SMILES string of the molecule is CC12C=CC(C)(O1)c1c2c(O)n(-c2ccc([N+](=O)[O-])cc2)c1O. The van der Waals surface area contributed by atoms with E-state index in [1.807, 2.05) is 26.0 Å². The van der Waals surface area contributed by atoms with Gasteiger partial charge in [-0.2, -0.15) is 0 Å². The third-order valence-electron chi connectivity index (χ3n) is 4.58. The molecule has 7 nitrogen and oxygen atoms in total. The van der Waals surface area contributed by atoms with Gasteiger partial charge in [0.25, 0.3) is 5.69 Å². The normalized spacial score (nSPS) is 27.4. The summed E-state index contributed by atoms with van der Waals surface area (Å²) in [5.74, 6) is -0.246. The number of nitro benzene ring substituents is 1. The van der Waals surface area contributed by atoms with Gasteiger partial charge in [0.15, 0.2) is 0 Å². The number of nitrogens with zero attached hydrogens (tertiary/aromatic N) is 2. The van der Waals surface area contributed by atoms with Gasteiger partial charge in [-0.05, 0) is 38.1 Å². The standard InChI is InChI=1S/C16H14N2O5/c1-15-7-8-16(2,23-15)12-11(15)13(19)17(14(12)20)9-3-5-10(6-4-9)18(21)22/h3-8,19-20H,1-2H3. The fourth-order valence-corrected chi connectivity index (χ4v) is 3.55. The molecule has 4 rings (SSSR count). The summed E-state index contributed by atoms with van der Waals surface area (Å²) in [7, 11) is 0. The van der Waals surface area contributed by atoms with Crippen LogP contribution in [0.2, 0.25) is 0 Å². The Morgan fingerprint density at radius 1 is 1.04 bits per heavy atom. The van der Waals surface area contributed by atoms with Crippen molar-refractivity contribution in [3.05, 3.63) is 57.7 Å². The Kier molecular flexibility index (Phi) is 2.37. The minimum atomic E-state index is -0.794. The summed E-state index contributed by atoms with van der Waals surface area (Å²) in [6.07, 6.45) is 3.71. The molecule has 0 amide bonds. The molecule has 0 fully saturated rings. The molecular formula is C16H14N2O5. The number of non-ortho nitro benzene ring substituents is 1. The first-order chi connectivity index (χ1) is 10.8. The first-order valence-electron chi connectivity index (χ1n) is 7.10. The summed E-state index contributed by atoms with van der Waals surface area (Å²) >= 11 is 0. The molecule has 2 aliphatic heterocycles. The van der Waals surface area contributed by atoms with Crippen LogP contribution in [-0.2, 0) is 15.9 Å². The predicted molar refractivity (Wildman–Crippen MR) is 80.7 cm³/mol. The maximum atomic E-state index is 10.8. The Morgan fingerprint density at radius 2 is 1.52 bits per heavy atom. The first-order valence-corrected chi connectivity index (χ1v) is 7.10. The summed E-state index contributed by atoms with van der Waals surface area (Å²) < 4.78 is 7.21. The van der Waals surface area contributed by atoms with E-state index in [0.717, 1.165) is 0 Å². The van der Waals surface area contributed by atoms with Crippen LogP contribution in [0.15, 0.2) is 36.4 Å². The second-order valence-electron chi connectivity index (χ2n) is 6.16. The number of nitro groups is 1. The average molecular weight is 314 g/mol. The monoisotopic (exact) mass is 314 g/mol. The Bertz CT molecular complexity index is 841. The molecule has 3 heterocycles. The van der Waals surface area contributed by atoms with Gasteiger partial charge in [-0.1, -0.05) is 0 Å². The third-order valence-corrected chi connectivity index (χ3v) is 4.58. The smallest absolute Gasteiger partial charge is 0.269 e. The second-order valence-corrected chi connectivity index (χ2v) is 6.16. The highest BCUT2D eigenvalue weighted by Gasteiger charge is 2.56. The fourth-order valence-electron chi connectivity index (χ4n) is 3.55. The van der Waals surface area contributed by atoms with E-state index in [1.54, 1.807) is 0 Å². The van der Waals surface area contributed by atoms with Crippen molar-refractivity contribution in [2.45, 2.75) is 25.0 Å². The van der Waals surface area contributed by atoms with Crippen LogP contribution in [0.5, 0.6) is 11.8 Å². The van der Waals surface area contributed by atoms with E-state index in [0.29, 0.717) is 16.8 Å². The molecule has 2 unspecified atom stereocenters. The summed E-state index contributed by atoms with van der Waals surface area (Å²) in [5.41, 5.74) is -0.158. The van der Waals surface area contributed by atoms with Gasteiger partial charge < -0.3 is 14.9 Å². The molecule has 7 heteroatoms. The maximum absolute atomic E-state index is 10.8.